The molecule has 0 aromatic heterocycles. The Morgan fingerprint density at radius 2 is 1.12 bits per heavy atom. The second-order valence-electron chi connectivity index (χ2n) is 12.8. The minimum atomic E-state index is -0.247. The largest absolute Gasteiger partial charge is 0.310 e. The molecule has 0 bridgehead atoms. The smallest absolute Gasteiger partial charge is 0.123 e. The summed E-state index contributed by atoms with van der Waals surface area (Å²) < 4.78 is 14.1. The summed E-state index contributed by atoms with van der Waals surface area (Å²) in [6, 6.07) is 44.2. The minimum absolute atomic E-state index is 0.111. The van der Waals surface area contributed by atoms with E-state index in [4.69, 9.17) is 0 Å². The molecule has 0 amide bonds. The van der Waals surface area contributed by atoms with Crippen LogP contribution in [0, 0.1) is 5.82 Å². The number of anilines is 6. The molecule has 2 aliphatic heterocycles. The van der Waals surface area contributed by atoms with Gasteiger partial charge in [0.1, 0.15) is 5.82 Å². The fourth-order valence-electron chi connectivity index (χ4n) is 7.43. The van der Waals surface area contributed by atoms with Crippen molar-refractivity contribution in [3.63, 3.8) is 0 Å². The molecule has 0 atom stereocenters. The van der Waals surface area contributed by atoms with Crippen molar-refractivity contribution in [3.8, 4) is 0 Å². The Kier molecular flexibility index (Phi) is 5.43. The lowest BCUT2D eigenvalue weighted by molar-refractivity contribution is 0.597. The number of benzene rings is 6. The van der Waals surface area contributed by atoms with Crippen molar-refractivity contribution in [2.45, 2.75) is 38.5 Å². The first kappa shape index (κ1) is 25.8. The Morgan fingerprint density at radius 1 is 0.535 bits per heavy atom. The van der Waals surface area contributed by atoms with E-state index in [1.165, 1.54) is 44.7 Å². The van der Waals surface area contributed by atoms with Crippen LogP contribution in [0.25, 0.3) is 10.8 Å². The van der Waals surface area contributed by atoms with E-state index in [1.54, 1.807) is 12.1 Å². The van der Waals surface area contributed by atoms with Crippen molar-refractivity contribution in [2.75, 3.05) is 9.80 Å². The van der Waals surface area contributed by atoms with Crippen LogP contribution in [-0.4, -0.2) is 0 Å². The number of para-hydroxylation sites is 2. The van der Waals surface area contributed by atoms with Crippen molar-refractivity contribution < 1.29 is 4.39 Å². The van der Waals surface area contributed by atoms with Crippen molar-refractivity contribution >= 4 is 44.9 Å². The van der Waals surface area contributed by atoms with E-state index in [0.29, 0.717) is 0 Å². The first-order valence-corrected chi connectivity index (χ1v) is 15.0. The van der Waals surface area contributed by atoms with E-state index >= 15 is 0 Å². The first-order valence-electron chi connectivity index (χ1n) is 15.0. The predicted molar refractivity (Wildman–Crippen MR) is 178 cm³/mol. The average molecular weight is 561 g/mol. The molecule has 8 rings (SSSR count). The normalized spacial score (nSPS) is 15.4. The van der Waals surface area contributed by atoms with Crippen LogP contribution < -0.4 is 9.80 Å². The van der Waals surface area contributed by atoms with E-state index in [0.717, 1.165) is 22.4 Å². The van der Waals surface area contributed by atoms with Gasteiger partial charge in [0.2, 0.25) is 0 Å². The van der Waals surface area contributed by atoms with Crippen molar-refractivity contribution in [1.82, 2.24) is 0 Å². The maximum absolute atomic E-state index is 14.1. The predicted octanol–water partition coefficient (Wildman–Crippen LogP) is 11.2. The van der Waals surface area contributed by atoms with Crippen LogP contribution in [-0.2, 0) is 10.8 Å². The molecule has 0 saturated carbocycles. The summed E-state index contributed by atoms with van der Waals surface area (Å²) in [7, 11) is 0. The van der Waals surface area contributed by atoms with Crippen molar-refractivity contribution in [3.05, 3.63) is 155 Å². The maximum atomic E-state index is 14.1. The molecule has 2 heterocycles. The first-order chi connectivity index (χ1) is 20.8. The Morgan fingerprint density at radius 3 is 1.91 bits per heavy atom. The zero-order valence-corrected chi connectivity index (χ0v) is 24.9. The van der Waals surface area contributed by atoms with Crippen LogP contribution in [0.1, 0.15) is 49.9 Å². The second-order valence-corrected chi connectivity index (χ2v) is 12.8. The van der Waals surface area contributed by atoms with E-state index in [9.17, 15) is 4.39 Å². The molecule has 0 fully saturated rings. The molecule has 6 aromatic rings. The van der Waals surface area contributed by atoms with Gasteiger partial charge >= 0.3 is 0 Å². The summed E-state index contributed by atoms with van der Waals surface area (Å²) in [5, 5.41) is 2.31. The zero-order valence-electron chi connectivity index (χ0n) is 24.9. The Labute approximate surface area is 252 Å². The number of rotatable bonds is 3. The molecule has 2 aliphatic rings. The third kappa shape index (κ3) is 3.64. The number of halogens is 1. The lowest BCUT2D eigenvalue weighted by Crippen LogP contribution is -2.38. The molecule has 210 valence electrons. The molecule has 3 heteroatoms. The molecule has 0 N–H and O–H groups in total. The summed E-state index contributed by atoms with van der Waals surface area (Å²) in [5.74, 6) is -0.243. The van der Waals surface area contributed by atoms with Crippen LogP contribution >= 0.6 is 0 Å². The lowest BCUT2D eigenvalue weighted by atomic mass is 9.66. The van der Waals surface area contributed by atoms with Gasteiger partial charge < -0.3 is 9.80 Å². The third-order valence-electron chi connectivity index (χ3n) is 9.67. The molecule has 43 heavy (non-hydrogen) atoms. The molecule has 0 unspecified atom stereocenters. The van der Waals surface area contributed by atoms with Crippen LogP contribution in [0.15, 0.2) is 127 Å². The van der Waals surface area contributed by atoms with E-state index in [-0.39, 0.29) is 16.6 Å². The van der Waals surface area contributed by atoms with Crippen molar-refractivity contribution in [2.24, 2.45) is 0 Å². The SMILES string of the molecule is CC1(C)c2ccccc2N2c3ccc(N(c4ccc(F)cc4)c4cccc5ccccc45)cc3C(C)(C)c3cccc1c32. The molecular formula is C40H33FN2. The zero-order chi connectivity index (χ0) is 29.5. The van der Waals surface area contributed by atoms with E-state index in [1.807, 2.05) is 12.1 Å². The van der Waals surface area contributed by atoms with E-state index in [2.05, 4.69) is 141 Å². The van der Waals surface area contributed by atoms with Crippen molar-refractivity contribution in [1.29, 1.82) is 0 Å². The highest BCUT2D eigenvalue weighted by atomic mass is 19.1. The summed E-state index contributed by atoms with van der Waals surface area (Å²) in [6.45, 7) is 9.37. The number of nitrogens with zero attached hydrogens (tertiary/aromatic N) is 2. The molecule has 0 radical (unpaired) electrons. The minimum Gasteiger partial charge on any atom is -0.310 e. The molecule has 2 nitrogen and oxygen atoms in total. The summed E-state index contributed by atoms with van der Waals surface area (Å²) in [4.78, 5) is 4.74. The Bertz CT molecular complexity index is 2050. The highest BCUT2D eigenvalue weighted by Crippen LogP contribution is 2.60. The van der Waals surface area contributed by atoms with Gasteiger partial charge in [-0.3, -0.25) is 0 Å². The highest BCUT2D eigenvalue weighted by molar-refractivity contribution is 6.00. The average Bonchev–Trinajstić information content (AvgIpc) is 3.02. The Hall–Kier alpha value is -4.89. The Balaban J connectivity index is 1.39. The van der Waals surface area contributed by atoms with E-state index < -0.39 is 0 Å². The standard InChI is InChI=1S/C40H33FN2/c1-39(2)31-14-7-8-17-36(31)43-37-24-23-29(25-34(37)40(3,4)33-16-10-15-32(39)38(33)43)42(28-21-19-27(41)20-22-28)35-18-9-12-26-11-5-6-13-30(26)35/h5-25H,1-4H3. The molecular weight excluding hydrogens is 527 g/mol. The van der Waals surface area contributed by atoms with Gasteiger partial charge in [0.05, 0.1) is 22.7 Å². The van der Waals surface area contributed by atoms with Crippen LogP contribution in [0.4, 0.5) is 38.5 Å². The van der Waals surface area contributed by atoms with Gasteiger partial charge in [-0.2, -0.15) is 0 Å². The van der Waals surface area contributed by atoms with Gasteiger partial charge in [-0.15, -0.1) is 0 Å². The van der Waals surface area contributed by atoms with Crippen LogP contribution in [0.3, 0.4) is 0 Å². The molecule has 0 saturated heterocycles. The summed E-state index contributed by atoms with van der Waals surface area (Å²) in [6.07, 6.45) is 0. The lowest BCUT2D eigenvalue weighted by Gasteiger charge is -2.49. The third-order valence-corrected chi connectivity index (χ3v) is 9.67. The molecule has 0 spiro atoms. The molecule has 6 aromatic carbocycles. The number of hydrogen-bond acceptors (Lipinski definition) is 2. The number of fused-ring (bicyclic) bond motifs is 5. The number of hydrogen-bond donors (Lipinski definition) is 0. The highest BCUT2D eigenvalue weighted by Gasteiger charge is 2.45. The topological polar surface area (TPSA) is 6.48 Å². The van der Waals surface area contributed by atoms with Gasteiger partial charge in [0.15, 0.2) is 0 Å². The summed E-state index contributed by atoms with van der Waals surface area (Å²) >= 11 is 0. The second kappa shape index (κ2) is 9.05. The maximum Gasteiger partial charge on any atom is 0.123 e. The van der Waals surface area contributed by atoms with Gasteiger partial charge in [-0.1, -0.05) is 100 Å². The van der Waals surface area contributed by atoms with Crippen LogP contribution in [0.5, 0.6) is 0 Å². The fourth-order valence-corrected chi connectivity index (χ4v) is 7.43. The molecule has 0 aliphatic carbocycles. The van der Waals surface area contributed by atoms with Gasteiger partial charge in [-0.05, 0) is 82.2 Å². The summed E-state index contributed by atoms with van der Waals surface area (Å²) in [5.41, 5.74) is 11.7. The van der Waals surface area contributed by atoms with Gasteiger partial charge in [0, 0.05) is 27.6 Å². The quantitative estimate of drug-likeness (QED) is 0.212. The van der Waals surface area contributed by atoms with Gasteiger partial charge in [-0.25, -0.2) is 4.39 Å². The monoisotopic (exact) mass is 560 g/mol. The van der Waals surface area contributed by atoms with Gasteiger partial charge in [0.25, 0.3) is 0 Å². The van der Waals surface area contributed by atoms with Crippen LogP contribution in [0.2, 0.25) is 0 Å². The fraction of sp³-hybridized carbons (Fsp3) is 0.150.